The Morgan fingerprint density at radius 2 is 0.865 bits per heavy atom. The van der Waals surface area contributed by atoms with Crippen molar-refractivity contribution >= 4 is 23.8 Å². The molecule has 37 heavy (non-hydrogen) atoms. The SMILES string of the molecule is CC(C)c1cccc(C(C)C)c1N=CC#CCCCCCC#CC=Nc1c(C(C)C)cccc1C(C)C. The van der Waals surface area contributed by atoms with Gasteiger partial charge in [0.25, 0.3) is 0 Å². The van der Waals surface area contributed by atoms with E-state index in [2.05, 4.69) is 115 Å². The van der Waals surface area contributed by atoms with E-state index in [9.17, 15) is 0 Å². The lowest BCUT2D eigenvalue weighted by Crippen LogP contribution is -1.95. The highest BCUT2D eigenvalue weighted by Crippen LogP contribution is 2.35. The van der Waals surface area contributed by atoms with E-state index in [4.69, 9.17) is 9.98 Å². The standard InChI is InChI=1S/C35H46N2/c1-26(2)30-20-18-21-31(27(3)4)34(30)36-24-16-14-12-10-9-11-13-15-17-25-37-35-32(28(5)6)22-19-23-33(35)29(7)8/h18-29H,9-13H2,1-8H3. The molecule has 0 saturated carbocycles. The molecule has 0 aliphatic heterocycles. The molecule has 0 aromatic heterocycles. The number of hydrogen-bond acceptors (Lipinski definition) is 2. The van der Waals surface area contributed by atoms with Crippen LogP contribution in [0.5, 0.6) is 0 Å². The maximum Gasteiger partial charge on any atom is 0.0773 e. The van der Waals surface area contributed by atoms with Crippen LogP contribution >= 0.6 is 0 Å². The van der Waals surface area contributed by atoms with Crippen LogP contribution in [-0.4, -0.2) is 12.4 Å². The molecule has 0 unspecified atom stereocenters. The van der Waals surface area contributed by atoms with Crippen LogP contribution in [-0.2, 0) is 0 Å². The fourth-order valence-corrected chi connectivity index (χ4v) is 4.35. The van der Waals surface area contributed by atoms with Crippen molar-refractivity contribution in [2.75, 3.05) is 0 Å². The second-order valence-corrected chi connectivity index (χ2v) is 10.9. The Balaban J connectivity index is 1.80. The number of nitrogens with zero attached hydrogens (tertiary/aromatic N) is 2. The molecule has 0 N–H and O–H groups in total. The summed E-state index contributed by atoms with van der Waals surface area (Å²) in [6, 6.07) is 13.0. The van der Waals surface area contributed by atoms with Crippen molar-refractivity contribution in [1.29, 1.82) is 0 Å². The first-order chi connectivity index (χ1) is 17.7. The van der Waals surface area contributed by atoms with E-state index in [-0.39, 0.29) is 0 Å². The molecule has 0 fully saturated rings. The topological polar surface area (TPSA) is 24.7 Å². The average Bonchev–Trinajstić information content (AvgIpc) is 2.86. The minimum Gasteiger partial charge on any atom is -0.247 e. The number of para-hydroxylation sites is 2. The molecule has 0 radical (unpaired) electrons. The highest BCUT2D eigenvalue weighted by atomic mass is 14.7. The van der Waals surface area contributed by atoms with Gasteiger partial charge in [-0.2, -0.15) is 0 Å². The number of rotatable bonds is 10. The van der Waals surface area contributed by atoms with Crippen molar-refractivity contribution in [3.05, 3.63) is 58.7 Å². The quantitative estimate of drug-likeness (QED) is 0.178. The maximum atomic E-state index is 4.75. The lowest BCUT2D eigenvalue weighted by atomic mass is 9.93. The molecule has 0 aliphatic rings. The van der Waals surface area contributed by atoms with Crippen molar-refractivity contribution in [2.24, 2.45) is 9.98 Å². The van der Waals surface area contributed by atoms with Crippen LogP contribution < -0.4 is 0 Å². The Kier molecular flexibility index (Phi) is 12.9. The van der Waals surface area contributed by atoms with Crippen LogP contribution in [0.4, 0.5) is 11.4 Å². The molecule has 2 aromatic rings. The van der Waals surface area contributed by atoms with E-state index in [1.165, 1.54) is 22.3 Å². The maximum absolute atomic E-state index is 4.75. The van der Waals surface area contributed by atoms with Crippen LogP contribution in [0, 0.1) is 23.7 Å². The van der Waals surface area contributed by atoms with Gasteiger partial charge in [0, 0.05) is 12.8 Å². The Morgan fingerprint density at radius 1 is 0.541 bits per heavy atom. The molecule has 2 heteroatoms. The number of unbranched alkanes of at least 4 members (excludes halogenated alkanes) is 4. The summed E-state index contributed by atoms with van der Waals surface area (Å²) in [6.07, 6.45) is 8.67. The van der Waals surface area contributed by atoms with Gasteiger partial charge in [0.15, 0.2) is 0 Å². The van der Waals surface area contributed by atoms with Crippen LogP contribution in [0.15, 0.2) is 46.4 Å². The van der Waals surface area contributed by atoms with Gasteiger partial charge in [-0.05, 0) is 58.8 Å². The summed E-state index contributed by atoms with van der Waals surface area (Å²) in [7, 11) is 0. The molecule has 0 atom stereocenters. The van der Waals surface area contributed by atoms with E-state index in [0.29, 0.717) is 23.7 Å². The Hall–Kier alpha value is -3.10. The van der Waals surface area contributed by atoms with Crippen molar-refractivity contribution in [3.63, 3.8) is 0 Å². The highest BCUT2D eigenvalue weighted by Gasteiger charge is 2.13. The Labute approximate surface area is 227 Å². The van der Waals surface area contributed by atoms with Crippen LogP contribution in [0.25, 0.3) is 0 Å². The van der Waals surface area contributed by atoms with Crippen molar-refractivity contribution in [2.45, 2.75) is 111 Å². The number of benzene rings is 2. The third-order valence-electron chi connectivity index (χ3n) is 6.51. The summed E-state index contributed by atoms with van der Waals surface area (Å²) in [5.41, 5.74) is 7.36. The number of hydrogen-bond donors (Lipinski definition) is 0. The first-order valence-corrected chi connectivity index (χ1v) is 14.0. The summed E-state index contributed by atoms with van der Waals surface area (Å²) in [4.78, 5) is 9.49. The Bertz CT molecular complexity index is 1030. The molecule has 2 nitrogen and oxygen atoms in total. The normalized spacial score (nSPS) is 11.6. The van der Waals surface area contributed by atoms with Gasteiger partial charge in [0.05, 0.1) is 23.8 Å². The molecule has 0 spiro atoms. The van der Waals surface area contributed by atoms with Crippen LogP contribution in [0.1, 0.15) is 133 Å². The third-order valence-corrected chi connectivity index (χ3v) is 6.51. The van der Waals surface area contributed by atoms with Gasteiger partial charge in [-0.3, -0.25) is 0 Å². The van der Waals surface area contributed by atoms with E-state index in [0.717, 1.165) is 43.5 Å². The first kappa shape index (κ1) is 30.1. The minimum atomic E-state index is 0.446. The molecule has 0 bridgehead atoms. The van der Waals surface area contributed by atoms with Crippen molar-refractivity contribution in [1.82, 2.24) is 0 Å². The number of aliphatic imine (C=N–C) groups is 2. The van der Waals surface area contributed by atoms with Crippen molar-refractivity contribution < 1.29 is 0 Å². The fourth-order valence-electron chi connectivity index (χ4n) is 4.35. The molecule has 196 valence electrons. The molecule has 0 aliphatic carbocycles. The van der Waals surface area contributed by atoms with E-state index < -0.39 is 0 Å². The van der Waals surface area contributed by atoms with Gasteiger partial charge in [-0.1, -0.05) is 122 Å². The largest absolute Gasteiger partial charge is 0.247 e. The lowest BCUT2D eigenvalue weighted by Gasteiger charge is -2.15. The van der Waals surface area contributed by atoms with Gasteiger partial charge in [-0.15, -0.1) is 0 Å². The summed E-state index contributed by atoms with van der Waals surface area (Å²) < 4.78 is 0. The predicted molar refractivity (Wildman–Crippen MR) is 164 cm³/mol. The summed E-state index contributed by atoms with van der Waals surface area (Å²) in [5.74, 6) is 14.6. The minimum absolute atomic E-state index is 0.446. The van der Waals surface area contributed by atoms with Gasteiger partial charge in [0.2, 0.25) is 0 Å². The molecule has 0 saturated heterocycles. The van der Waals surface area contributed by atoms with E-state index in [1.54, 1.807) is 12.4 Å². The van der Waals surface area contributed by atoms with Gasteiger partial charge < -0.3 is 0 Å². The summed E-state index contributed by atoms with van der Waals surface area (Å²) in [6.45, 7) is 17.7. The average molecular weight is 495 g/mol. The summed E-state index contributed by atoms with van der Waals surface area (Å²) >= 11 is 0. The molecular formula is C35H46N2. The van der Waals surface area contributed by atoms with Crippen molar-refractivity contribution in [3.8, 4) is 23.7 Å². The molecular weight excluding hydrogens is 448 g/mol. The zero-order chi connectivity index (χ0) is 27.2. The van der Waals surface area contributed by atoms with Gasteiger partial charge >= 0.3 is 0 Å². The zero-order valence-electron chi connectivity index (χ0n) is 24.4. The van der Waals surface area contributed by atoms with E-state index >= 15 is 0 Å². The molecule has 0 heterocycles. The van der Waals surface area contributed by atoms with Crippen LogP contribution in [0.2, 0.25) is 0 Å². The van der Waals surface area contributed by atoms with Crippen LogP contribution in [0.3, 0.4) is 0 Å². The monoisotopic (exact) mass is 494 g/mol. The smallest absolute Gasteiger partial charge is 0.0773 e. The fraction of sp³-hybridized carbons (Fsp3) is 0.486. The molecule has 2 rings (SSSR count). The highest BCUT2D eigenvalue weighted by molar-refractivity contribution is 5.82. The molecule has 2 aromatic carbocycles. The Morgan fingerprint density at radius 3 is 1.16 bits per heavy atom. The van der Waals surface area contributed by atoms with Gasteiger partial charge in [0.1, 0.15) is 0 Å². The van der Waals surface area contributed by atoms with Gasteiger partial charge in [-0.25, -0.2) is 9.98 Å². The third kappa shape index (κ3) is 9.70. The second-order valence-electron chi connectivity index (χ2n) is 10.9. The zero-order valence-corrected chi connectivity index (χ0v) is 24.4. The lowest BCUT2D eigenvalue weighted by molar-refractivity contribution is 0.709. The summed E-state index contributed by atoms with van der Waals surface area (Å²) in [5, 5.41) is 0. The molecule has 0 amide bonds. The second kappa shape index (κ2) is 15.9. The predicted octanol–water partition coefficient (Wildman–Crippen LogP) is 10.2. The van der Waals surface area contributed by atoms with E-state index in [1.807, 2.05) is 0 Å². The first-order valence-electron chi connectivity index (χ1n) is 14.0.